The van der Waals surface area contributed by atoms with Crippen molar-refractivity contribution in [2.45, 2.75) is 119 Å². The molecule has 16 rings (SSSR count). The number of hydrogen-bond donors (Lipinski definition) is 1. The van der Waals surface area contributed by atoms with Crippen LogP contribution in [0.5, 0.6) is 5.75 Å². The molecular weight excluding hydrogens is 957 g/mol. The Labute approximate surface area is 458 Å². The van der Waals surface area contributed by atoms with Gasteiger partial charge in [0, 0.05) is 82.2 Å². The molecule has 2 saturated heterocycles. The van der Waals surface area contributed by atoms with E-state index in [2.05, 4.69) is 210 Å². The monoisotopic (exact) mass is 1020 g/mol. The molecule has 4 aliphatic heterocycles. The number of nitrogens with one attached hydrogen (secondary N) is 1. The average molecular weight is 1030 g/mol. The van der Waals surface area contributed by atoms with E-state index in [4.69, 9.17) is 19.5 Å². The first-order valence-corrected chi connectivity index (χ1v) is 29.4. The number of anilines is 1. The van der Waals surface area contributed by atoms with Gasteiger partial charge in [0.05, 0.1) is 28.8 Å². The lowest BCUT2D eigenvalue weighted by Gasteiger charge is -2.42. The summed E-state index contributed by atoms with van der Waals surface area (Å²) in [6, 6.07) is 27.8. The molecule has 3 fully saturated rings. The van der Waals surface area contributed by atoms with E-state index in [1.54, 1.807) is 0 Å². The number of fused-ring (bicyclic) bond motifs is 12. The summed E-state index contributed by atoms with van der Waals surface area (Å²) in [4.78, 5) is 16.7. The summed E-state index contributed by atoms with van der Waals surface area (Å²) in [6.45, 7) is 2.39. The van der Waals surface area contributed by atoms with E-state index < -0.39 is 0 Å². The number of aliphatic imine (C=N–C) groups is 1. The number of amidine groups is 1. The van der Waals surface area contributed by atoms with Crippen molar-refractivity contribution in [1.82, 2.24) is 19.8 Å². The molecule has 5 aromatic rings. The third-order valence-electron chi connectivity index (χ3n) is 19.7. The third-order valence-corrected chi connectivity index (χ3v) is 19.7. The van der Waals surface area contributed by atoms with Crippen molar-refractivity contribution >= 4 is 39.0 Å². The van der Waals surface area contributed by atoms with E-state index in [0.29, 0.717) is 23.8 Å². The number of rotatable bonds is 7. The molecule has 8 heteroatoms. The van der Waals surface area contributed by atoms with Gasteiger partial charge in [0.2, 0.25) is 0 Å². The molecule has 12 atom stereocenters. The van der Waals surface area contributed by atoms with E-state index in [1.165, 1.54) is 72.3 Å². The number of nitrogens with zero attached hydrogens (tertiary/aromatic N) is 5. The van der Waals surface area contributed by atoms with Gasteiger partial charge in [-0.05, 0) is 147 Å². The van der Waals surface area contributed by atoms with Crippen LogP contribution in [0.3, 0.4) is 0 Å². The van der Waals surface area contributed by atoms with Crippen molar-refractivity contribution in [2.75, 3.05) is 11.9 Å². The Morgan fingerprint density at radius 1 is 0.731 bits per heavy atom. The molecule has 78 heavy (non-hydrogen) atoms. The normalized spacial score (nSPS) is 32.1. The highest BCUT2D eigenvalue weighted by Gasteiger charge is 2.52. The molecule has 0 radical (unpaired) electrons. The van der Waals surface area contributed by atoms with Crippen LogP contribution in [0, 0.1) is 23.7 Å². The van der Waals surface area contributed by atoms with Crippen molar-refractivity contribution in [3.8, 4) is 5.75 Å². The topological polar surface area (TPSA) is 67.2 Å². The lowest BCUT2D eigenvalue weighted by molar-refractivity contribution is 0.0910. The average Bonchev–Trinajstić information content (AvgIpc) is 4.43. The van der Waals surface area contributed by atoms with Crippen molar-refractivity contribution in [2.24, 2.45) is 28.7 Å². The summed E-state index contributed by atoms with van der Waals surface area (Å²) in [5.74, 6) is 6.24. The number of ether oxygens (including phenoxy) is 2. The van der Waals surface area contributed by atoms with Crippen molar-refractivity contribution in [3.63, 3.8) is 0 Å². The van der Waals surface area contributed by atoms with Crippen LogP contribution in [-0.4, -0.2) is 57.9 Å². The van der Waals surface area contributed by atoms with Gasteiger partial charge in [-0.3, -0.25) is 10.3 Å². The van der Waals surface area contributed by atoms with Crippen molar-refractivity contribution in [1.29, 1.82) is 0 Å². The minimum atomic E-state index is -0.129. The Morgan fingerprint density at radius 3 is 2.42 bits per heavy atom. The largest absolute Gasteiger partial charge is 0.490 e. The number of likely N-dealkylation sites (N-methyl/N-ethyl adjacent to an activating group) is 1. The molecule has 3 aromatic carbocycles. The minimum absolute atomic E-state index is 0.0107. The first-order chi connectivity index (χ1) is 38.5. The summed E-state index contributed by atoms with van der Waals surface area (Å²) >= 11 is 0. The SMILES string of the molecule is CC1C=C2Oc3cc4c(cc3C2CC1c1cnc(C2CC[C@H]3OC5=CC6C(C=C5C3C2)C2C=CC=CC2N6c2ccccc2)c(C2=NC(C3=CC=CCC3)NC(C3=CC=CCC3)N2C)c1)c1ccccc1n4C1=CCCC=C1. The zero-order valence-corrected chi connectivity index (χ0v) is 44.8. The second-order valence-corrected chi connectivity index (χ2v) is 24.0. The van der Waals surface area contributed by atoms with Gasteiger partial charge in [-0.15, -0.1) is 0 Å². The summed E-state index contributed by atoms with van der Waals surface area (Å²) in [6.07, 6.45) is 50.2. The van der Waals surface area contributed by atoms with Crippen LogP contribution < -0.4 is 15.0 Å². The molecule has 1 N–H and O–H groups in total. The van der Waals surface area contributed by atoms with Crippen LogP contribution in [0.15, 0.2) is 209 Å². The molecule has 0 spiro atoms. The molecule has 2 aromatic heterocycles. The predicted molar refractivity (Wildman–Crippen MR) is 315 cm³/mol. The third kappa shape index (κ3) is 7.48. The van der Waals surface area contributed by atoms with Gasteiger partial charge in [0.1, 0.15) is 41.5 Å². The van der Waals surface area contributed by atoms with Crippen LogP contribution >= 0.6 is 0 Å². The zero-order chi connectivity index (χ0) is 51.6. The number of allylic oxidation sites excluding steroid dienone is 15. The summed E-state index contributed by atoms with van der Waals surface area (Å²) in [5.41, 5.74) is 14.1. The van der Waals surface area contributed by atoms with Crippen LogP contribution in [0.4, 0.5) is 5.69 Å². The second-order valence-electron chi connectivity index (χ2n) is 24.0. The lowest BCUT2D eigenvalue weighted by Crippen LogP contribution is -2.56. The quantitative estimate of drug-likeness (QED) is 0.175. The lowest BCUT2D eigenvalue weighted by atomic mass is 9.71. The van der Waals surface area contributed by atoms with Crippen molar-refractivity contribution < 1.29 is 9.47 Å². The van der Waals surface area contributed by atoms with Gasteiger partial charge < -0.3 is 23.8 Å². The standard InChI is InChI=1S/C70H68N6O2/c1-42-33-64-55(57-38-53-50-28-16-18-30-60(50)76(48-25-13-6-14-26-48)62(53)40-66(57)78-64)36-51(42)46-35-58(70-73-68(43-19-7-3-8-20-43)72-69(74(70)2)44-21-9-4-10-22-44)67(71-41-46)45-31-32-63-54(34-45)56-37-52-49-27-15-17-29-59(49)75(47-23-11-5-12-24-47)61(52)39-65(56)77-63/h3-5,7,9,11-13,15-19,21,23-30,33,35,37-42,45,49,51-52,54-55,59,61,63,68-69,72H,6,8,10,14,20,22,31-32,34,36H2,1-2H3/t42?,45?,49?,51?,52?,54?,55?,59?,61?,63-,68?,69?/m1/s1. The first kappa shape index (κ1) is 46.7. The molecular formula is C70H68N6O2. The highest BCUT2D eigenvalue weighted by atomic mass is 16.5. The molecule has 1 saturated carbocycles. The van der Waals surface area contributed by atoms with Crippen LogP contribution in [0.2, 0.25) is 0 Å². The summed E-state index contributed by atoms with van der Waals surface area (Å²) < 4.78 is 16.5. The number of para-hydroxylation sites is 2. The number of aromatic nitrogens is 2. The van der Waals surface area contributed by atoms with E-state index in [1.807, 2.05) is 0 Å². The highest BCUT2D eigenvalue weighted by molar-refractivity contribution is 6.11. The van der Waals surface area contributed by atoms with E-state index in [0.717, 1.165) is 87.3 Å². The second kappa shape index (κ2) is 18.6. The maximum Gasteiger partial charge on any atom is 0.136 e. The van der Waals surface area contributed by atoms with E-state index >= 15 is 0 Å². The minimum Gasteiger partial charge on any atom is -0.490 e. The Hall–Kier alpha value is -7.42. The van der Waals surface area contributed by atoms with Gasteiger partial charge in [-0.2, -0.15) is 0 Å². The Balaban J connectivity index is 0.780. The molecule has 11 unspecified atom stereocenters. The molecule has 11 aliphatic rings. The van der Waals surface area contributed by atoms with Gasteiger partial charge in [0.25, 0.3) is 0 Å². The van der Waals surface area contributed by atoms with Crippen molar-refractivity contribution in [3.05, 3.63) is 227 Å². The van der Waals surface area contributed by atoms with Gasteiger partial charge in [-0.25, -0.2) is 4.99 Å². The predicted octanol–water partition coefficient (Wildman–Crippen LogP) is 14.8. The first-order valence-electron chi connectivity index (χ1n) is 29.4. The maximum atomic E-state index is 7.09. The molecule has 0 bridgehead atoms. The molecule has 390 valence electrons. The van der Waals surface area contributed by atoms with E-state index in [-0.39, 0.29) is 48.1 Å². The van der Waals surface area contributed by atoms with Crippen LogP contribution in [0.1, 0.15) is 111 Å². The van der Waals surface area contributed by atoms with Gasteiger partial charge >= 0.3 is 0 Å². The summed E-state index contributed by atoms with van der Waals surface area (Å²) in [7, 11) is 2.27. The Bertz CT molecular complexity index is 3700. The Kier molecular flexibility index (Phi) is 11.1. The number of hydrogen-bond acceptors (Lipinski definition) is 7. The van der Waals surface area contributed by atoms with Gasteiger partial charge in [-0.1, -0.05) is 122 Å². The Morgan fingerprint density at radius 2 is 1.58 bits per heavy atom. The van der Waals surface area contributed by atoms with Crippen LogP contribution in [-0.2, 0) is 4.74 Å². The number of pyridine rings is 1. The molecule has 7 aliphatic carbocycles. The fraction of sp³-hybridized carbons (Fsp3) is 0.343. The fourth-order valence-electron chi connectivity index (χ4n) is 16.0. The smallest absolute Gasteiger partial charge is 0.136 e. The maximum absolute atomic E-state index is 7.09. The zero-order valence-electron chi connectivity index (χ0n) is 44.8. The number of benzene rings is 3. The summed E-state index contributed by atoms with van der Waals surface area (Å²) in [5, 5.41) is 6.64. The van der Waals surface area contributed by atoms with Crippen LogP contribution in [0.25, 0.3) is 27.5 Å². The highest BCUT2D eigenvalue weighted by Crippen LogP contribution is 2.56. The molecule has 8 nitrogen and oxygen atoms in total. The van der Waals surface area contributed by atoms with E-state index in [9.17, 15) is 0 Å². The molecule has 6 heterocycles. The van der Waals surface area contributed by atoms with Gasteiger partial charge in [0.15, 0.2) is 0 Å². The molecule has 0 amide bonds. The fourth-order valence-corrected chi connectivity index (χ4v) is 16.0.